The number of aromatic nitrogens is 5. The number of fused-ring (bicyclic) bond motifs is 2. The molecular weight excluding hydrogens is 584 g/mol. The van der Waals surface area contributed by atoms with E-state index >= 15 is 0 Å². The highest BCUT2D eigenvalue weighted by molar-refractivity contribution is 7.98. The lowest BCUT2D eigenvalue weighted by Gasteiger charge is -2.46. The van der Waals surface area contributed by atoms with E-state index in [1.807, 2.05) is 6.08 Å². The fourth-order valence-electron chi connectivity index (χ4n) is 6.13. The molecule has 224 valence electrons. The molecule has 0 aliphatic heterocycles. The van der Waals surface area contributed by atoms with E-state index in [4.69, 9.17) is 0 Å². The largest absolute Gasteiger partial charge is 0.416 e. The van der Waals surface area contributed by atoms with Gasteiger partial charge in [0.25, 0.3) is 0 Å². The van der Waals surface area contributed by atoms with Gasteiger partial charge >= 0.3 is 6.18 Å². The van der Waals surface area contributed by atoms with Crippen molar-refractivity contribution < 1.29 is 26.6 Å². The molecule has 1 unspecified atom stereocenters. The summed E-state index contributed by atoms with van der Waals surface area (Å²) in [5, 5.41) is 8.62. The predicted molar refractivity (Wildman–Crippen MR) is 153 cm³/mol. The van der Waals surface area contributed by atoms with Crippen molar-refractivity contribution in [3.8, 4) is 5.69 Å². The molecule has 4 aromatic rings. The Balaban J connectivity index is 1.44. The Hall–Kier alpha value is -4.10. The number of alkyl halides is 3. The van der Waals surface area contributed by atoms with E-state index in [1.54, 1.807) is 47.6 Å². The van der Waals surface area contributed by atoms with Crippen molar-refractivity contribution in [2.24, 2.45) is 12.5 Å². The number of hydrogen-bond acceptors (Lipinski definition) is 5. The summed E-state index contributed by atoms with van der Waals surface area (Å²) in [6, 6.07) is 7.06. The maximum Gasteiger partial charge on any atom is 0.416 e. The van der Waals surface area contributed by atoms with Gasteiger partial charge in [0, 0.05) is 25.5 Å². The Morgan fingerprint density at radius 3 is 2.58 bits per heavy atom. The second-order valence-corrected chi connectivity index (χ2v) is 13.4. The third kappa shape index (κ3) is 4.99. The molecule has 1 aromatic carbocycles. The van der Waals surface area contributed by atoms with Gasteiger partial charge in [-0.2, -0.15) is 23.4 Å². The first kappa shape index (κ1) is 29.0. The molecule has 1 saturated carbocycles. The van der Waals surface area contributed by atoms with E-state index in [0.717, 1.165) is 23.9 Å². The Kier molecular flexibility index (Phi) is 6.92. The number of nitrogens with zero attached hydrogens (tertiary/aromatic N) is 6. The molecule has 0 radical (unpaired) electrons. The smallest absolute Gasteiger partial charge is 0.291 e. The second kappa shape index (κ2) is 10.3. The summed E-state index contributed by atoms with van der Waals surface area (Å²) in [4.78, 5) is 18.9. The SMILES string of the molecule is C=S(=O)(c1cnn(C)c1)N(C)[C@H]1CCC2=Cc3c(cnn3-c3ccc(F)cc3)C[C@]2(C(=O)c2cc(C(F)(F)F)ccn2)C1. The first-order valence-electron chi connectivity index (χ1n) is 13.5. The molecule has 2 aliphatic carbocycles. The summed E-state index contributed by atoms with van der Waals surface area (Å²) in [5.74, 6) is 3.07. The molecular formula is C30H28F4N6O2S. The summed E-state index contributed by atoms with van der Waals surface area (Å²) >= 11 is 0. The van der Waals surface area contributed by atoms with Crippen LogP contribution in [0.5, 0.6) is 0 Å². The van der Waals surface area contributed by atoms with Crippen LogP contribution in [0.15, 0.2) is 71.7 Å². The lowest BCUT2D eigenvalue weighted by molar-refractivity contribution is -0.137. The zero-order valence-electron chi connectivity index (χ0n) is 23.4. The molecule has 1 fully saturated rings. The van der Waals surface area contributed by atoms with Crippen molar-refractivity contribution in [2.45, 2.75) is 42.8 Å². The summed E-state index contributed by atoms with van der Waals surface area (Å²) in [6.45, 7) is 0. The van der Waals surface area contributed by atoms with Crippen molar-refractivity contribution >= 4 is 27.4 Å². The first-order chi connectivity index (χ1) is 20.3. The molecule has 0 bridgehead atoms. The maximum atomic E-state index is 14.4. The van der Waals surface area contributed by atoms with Gasteiger partial charge in [-0.05, 0) is 86.6 Å². The van der Waals surface area contributed by atoms with E-state index < -0.39 is 44.5 Å². The van der Waals surface area contributed by atoms with Crippen LogP contribution in [0.4, 0.5) is 17.6 Å². The van der Waals surface area contributed by atoms with Crippen molar-refractivity contribution in [3.05, 3.63) is 95.1 Å². The monoisotopic (exact) mass is 612 g/mol. The minimum atomic E-state index is -4.65. The number of benzene rings is 1. The highest BCUT2D eigenvalue weighted by Gasteiger charge is 2.51. The quantitative estimate of drug-likeness (QED) is 0.171. The van der Waals surface area contributed by atoms with Crippen molar-refractivity contribution in [1.29, 1.82) is 0 Å². The van der Waals surface area contributed by atoms with Gasteiger partial charge in [0.05, 0.1) is 49.4 Å². The third-order valence-corrected chi connectivity index (χ3v) is 10.7. The lowest BCUT2D eigenvalue weighted by atomic mass is 9.60. The Morgan fingerprint density at radius 1 is 1.16 bits per heavy atom. The van der Waals surface area contributed by atoms with Crippen LogP contribution in [-0.4, -0.2) is 57.8 Å². The number of pyridine rings is 1. The summed E-state index contributed by atoms with van der Waals surface area (Å²) in [6.07, 6.45) is 4.22. The molecule has 0 spiro atoms. The van der Waals surface area contributed by atoms with E-state index in [0.29, 0.717) is 34.7 Å². The highest BCUT2D eigenvalue weighted by atomic mass is 32.2. The van der Waals surface area contributed by atoms with Crippen LogP contribution in [-0.2, 0) is 29.4 Å². The van der Waals surface area contributed by atoms with Crippen molar-refractivity contribution in [2.75, 3.05) is 7.05 Å². The predicted octanol–water partition coefficient (Wildman–Crippen LogP) is 5.14. The lowest BCUT2D eigenvalue weighted by Crippen LogP contribution is -2.49. The van der Waals surface area contributed by atoms with Gasteiger partial charge in [0.1, 0.15) is 11.5 Å². The van der Waals surface area contributed by atoms with Gasteiger partial charge < -0.3 is 0 Å². The van der Waals surface area contributed by atoms with Crippen LogP contribution >= 0.6 is 0 Å². The molecule has 0 saturated heterocycles. The zero-order valence-corrected chi connectivity index (χ0v) is 24.2. The van der Waals surface area contributed by atoms with Gasteiger partial charge in [0.15, 0.2) is 5.78 Å². The van der Waals surface area contributed by atoms with Crippen LogP contribution in [0, 0.1) is 11.2 Å². The Labute approximate surface area is 245 Å². The number of allylic oxidation sites excluding steroid dienone is 1. The average Bonchev–Trinajstić information content (AvgIpc) is 3.61. The minimum Gasteiger partial charge on any atom is -0.291 e. The number of carbonyl (C=O) groups excluding carboxylic acids is 1. The number of ketones is 1. The molecule has 3 heterocycles. The first-order valence-corrected chi connectivity index (χ1v) is 15.2. The summed E-state index contributed by atoms with van der Waals surface area (Å²) in [5.41, 5.74) is 0.262. The molecule has 0 N–H and O–H groups in total. The second-order valence-electron chi connectivity index (χ2n) is 11.1. The average molecular weight is 613 g/mol. The van der Waals surface area contributed by atoms with Gasteiger partial charge in [-0.15, -0.1) is 0 Å². The highest BCUT2D eigenvalue weighted by Crippen LogP contribution is 2.51. The fraction of sp³-hybridized carbons (Fsp3) is 0.300. The molecule has 13 heteroatoms. The van der Waals surface area contributed by atoms with Crippen LogP contribution in [0.25, 0.3) is 11.8 Å². The molecule has 3 atom stereocenters. The molecule has 3 aromatic heterocycles. The molecule has 6 rings (SSSR count). The van der Waals surface area contributed by atoms with Gasteiger partial charge in [-0.3, -0.25) is 14.5 Å². The Bertz CT molecular complexity index is 1860. The minimum absolute atomic E-state index is 0.154. The number of halogens is 4. The van der Waals surface area contributed by atoms with E-state index in [2.05, 4.69) is 21.1 Å². The van der Waals surface area contributed by atoms with E-state index in [1.165, 1.54) is 23.0 Å². The normalized spacial score (nSPS) is 21.6. The van der Waals surface area contributed by atoms with Crippen molar-refractivity contribution in [3.63, 3.8) is 0 Å². The van der Waals surface area contributed by atoms with Gasteiger partial charge in [-0.1, -0.05) is 5.57 Å². The number of rotatable bonds is 6. The summed E-state index contributed by atoms with van der Waals surface area (Å²) in [7, 11) is 0.403. The van der Waals surface area contributed by atoms with E-state index in [9.17, 15) is 26.6 Å². The van der Waals surface area contributed by atoms with Crippen molar-refractivity contribution in [1.82, 2.24) is 28.9 Å². The fourth-order valence-corrected chi connectivity index (χ4v) is 7.65. The van der Waals surface area contributed by atoms with Crippen LogP contribution in [0.3, 0.4) is 0 Å². The number of aryl methyl sites for hydroxylation is 1. The maximum absolute atomic E-state index is 14.4. The van der Waals surface area contributed by atoms with Crippen LogP contribution in [0.1, 0.15) is 46.6 Å². The van der Waals surface area contributed by atoms with Gasteiger partial charge in [0.2, 0.25) is 0 Å². The topological polar surface area (TPSA) is 85.9 Å². The number of carbonyl (C=O) groups is 1. The van der Waals surface area contributed by atoms with Crippen LogP contribution in [0.2, 0.25) is 0 Å². The summed E-state index contributed by atoms with van der Waals surface area (Å²) < 4.78 is 73.2. The molecule has 8 nitrogen and oxygen atoms in total. The van der Waals surface area contributed by atoms with Gasteiger partial charge in [-0.25, -0.2) is 17.6 Å². The molecule has 43 heavy (non-hydrogen) atoms. The zero-order chi connectivity index (χ0) is 30.7. The number of Topliss-reactive ketones (excluding diaryl/α,β-unsaturated/α-hetero) is 1. The third-order valence-electron chi connectivity index (χ3n) is 8.49. The van der Waals surface area contributed by atoms with E-state index in [-0.39, 0.29) is 18.5 Å². The standard InChI is InChI=1S/C30H28F4N6O2S/c1-38-18-25(17-36-38)43(3,42)39(2)24-7-4-20-13-27-19(16-37-40(27)23-8-5-22(31)6-9-23)14-29(20,15-24)28(41)26-12-21(10-11-35-26)30(32,33)34/h5-6,8-13,16-18,24H,3-4,7,14-15H2,1-2H3/t24-,29-,43?/m0/s1. The molecule has 2 aliphatic rings. The number of hydrogen-bond donors (Lipinski definition) is 0. The Morgan fingerprint density at radius 2 is 1.91 bits per heavy atom. The molecule has 0 amide bonds. The van der Waals surface area contributed by atoms with Crippen LogP contribution < -0.4 is 0 Å².